The Balaban J connectivity index is 2.16. The molecule has 1 aromatic rings. The van der Waals surface area contributed by atoms with E-state index >= 15 is 0 Å². The van der Waals surface area contributed by atoms with Crippen molar-refractivity contribution >= 4 is 23.2 Å². The minimum atomic E-state index is -0.0650. The largest absolute Gasteiger partial charge is 0.354 e. The van der Waals surface area contributed by atoms with Crippen LogP contribution >= 0.6 is 11.3 Å². The van der Waals surface area contributed by atoms with E-state index in [-0.39, 0.29) is 18.4 Å². The van der Waals surface area contributed by atoms with Gasteiger partial charge in [-0.05, 0) is 31.4 Å². The van der Waals surface area contributed by atoms with Gasteiger partial charge in [-0.25, -0.2) is 0 Å². The minimum Gasteiger partial charge on any atom is -0.354 e. The second-order valence-corrected chi connectivity index (χ2v) is 5.73. The number of nitrogens with zero attached hydrogens (tertiary/aromatic N) is 1. The SMILES string of the molecule is CCc1cc(C(=O)N2CCCNC(=O)C2)sc1C. The molecule has 0 aromatic carbocycles. The fraction of sp³-hybridized carbons (Fsp3) is 0.538. The number of hydrogen-bond acceptors (Lipinski definition) is 3. The van der Waals surface area contributed by atoms with Crippen molar-refractivity contribution in [3.8, 4) is 0 Å². The second-order valence-electron chi connectivity index (χ2n) is 4.48. The van der Waals surface area contributed by atoms with Crippen molar-refractivity contribution < 1.29 is 9.59 Å². The molecule has 0 bridgehead atoms. The van der Waals surface area contributed by atoms with Crippen LogP contribution in [0.3, 0.4) is 0 Å². The zero-order chi connectivity index (χ0) is 13.1. The van der Waals surface area contributed by atoms with Crippen molar-refractivity contribution in [3.05, 3.63) is 21.4 Å². The van der Waals surface area contributed by atoms with Crippen LogP contribution in [0.4, 0.5) is 0 Å². The molecule has 2 rings (SSSR count). The van der Waals surface area contributed by atoms with Crippen LogP contribution in [0, 0.1) is 6.92 Å². The van der Waals surface area contributed by atoms with Gasteiger partial charge in [0.1, 0.15) is 0 Å². The Hall–Kier alpha value is -1.36. The van der Waals surface area contributed by atoms with Crippen LogP contribution < -0.4 is 5.32 Å². The smallest absolute Gasteiger partial charge is 0.264 e. The van der Waals surface area contributed by atoms with E-state index in [4.69, 9.17) is 0 Å². The van der Waals surface area contributed by atoms with Crippen LogP contribution in [0.25, 0.3) is 0 Å². The lowest BCUT2D eigenvalue weighted by Gasteiger charge is -2.17. The quantitative estimate of drug-likeness (QED) is 0.883. The Morgan fingerprint density at radius 2 is 2.33 bits per heavy atom. The predicted molar refractivity (Wildman–Crippen MR) is 72.0 cm³/mol. The fourth-order valence-corrected chi connectivity index (χ4v) is 3.19. The van der Waals surface area contributed by atoms with E-state index in [1.165, 1.54) is 21.8 Å². The van der Waals surface area contributed by atoms with Crippen LogP contribution in [-0.2, 0) is 11.2 Å². The van der Waals surface area contributed by atoms with Gasteiger partial charge >= 0.3 is 0 Å². The normalized spacial score (nSPS) is 16.3. The lowest BCUT2D eigenvalue weighted by molar-refractivity contribution is -0.121. The van der Waals surface area contributed by atoms with Gasteiger partial charge in [0.2, 0.25) is 5.91 Å². The fourth-order valence-electron chi connectivity index (χ4n) is 2.11. The summed E-state index contributed by atoms with van der Waals surface area (Å²) in [6.45, 7) is 5.61. The van der Waals surface area contributed by atoms with Gasteiger partial charge in [-0.15, -0.1) is 11.3 Å². The highest BCUT2D eigenvalue weighted by Gasteiger charge is 2.22. The number of hydrogen-bond donors (Lipinski definition) is 1. The molecule has 1 saturated heterocycles. The molecule has 2 heterocycles. The van der Waals surface area contributed by atoms with Gasteiger partial charge in [0.15, 0.2) is 0 Å². The van der Waals surface area contributed by atoms with E-state index in [0.29, 0.717) is 13.1 Å². The molecule has 5 heteroatoms. The third-order valence-corrected chi connectivity index (χ3v) is 4.24. The lowest BCUT2D eigenvalue weighted by Crippen LogP contribution is -2.37. The highest BCUT2D eigenvalue weighted by Crippen LogP contribution is 2.23. The zero-order valence-electron chi connectivity index (χ0n) is 10.8. The summed E-state index contributed by atoms with van der Waals surface area (Å²) < 4.78 is 0. The van der Waals surface area contributed by atoms with Gasteiger partial charge in [-0.1, -0.05) is 6.92 Å². The second kappa shape index (κ2) is 5.52. The zero-order valence-corrected chi connectivity index (χ0v) is 11.6. The summed E-state index contributed by atoms with van der Waals surface area (Å²) in [6.07, 6.45) is 1.76. The Kier molecular flexibility index (Phi) is 4.01. The number of carbonyl (C=O) groups excluding carboxylic acids is 2. The maximum Gasteiger partial charge on any atom is 0.264 e. The van der Waals surface area contributed by atoms with Crippen molar-refractivity contribution in [2.24, 2.45) is 0 Å². The van der Waals surface area contributed by atoms with E-state index in [9.17, 15) is 9.59 Å². The number of rotatable bonds is 2. The molecule has 4 nitrogen and oxygen atoms in total. The van der Waals surface area contributed by atoms with E-state index in [1.54, 1.807) is 4.90 Å². The minimum absolute atomic E-state index is 0.0140. The molecule has 1 aliphatic heterocycles. The van der Waals surface area contributed by atoms with Crippen molar-refractivity contribution in [3.63, 3.8) is 0 Å². The molecule has 98 valence electrons. The summed E-state index contributed by atoms with van der Waals surface area (Å²) in [7, 11) is 0. The molecule has 0 unspecified atom stereocenters. The summed E-state index contributed by atoms with van der Waals surface area (Å²) in [4.78, 5) is 27.4. The average molecular weight is 266 g/mol. The van der Waals surface area contributed by atoms with Gasteiger partial charge < -0.3 is 10.2 Å². The van der Waals surface area contributed by atoms with Crippen LogP contribution in [-0.4, -0.2) is 36.3 Å². The van der Waals surface area contributed by atoms with E-state index in [0.717, 1.165) is 17.7 Å². The molecule has 18 heavy (non-hydrogen) atoms. The summed E-state index contributed by atoms with van der Waals surface area (Å²) in [6, 6.07) is 1.96. The van der Waals surface area contributed by atoms with Crippen LogP contribution in [0.2, 0.25) is 0 Å². The van der Waals surface area contributed by atoms with Crippen molar-refractivity contribution in [2.75, 3.05) is 19.6 Å². The van der Waals surface area contributed by atoms with Gasteiger partial charge in [-0.3, -0.25) is 9.59 Å². The Morgan fingerprint density at radius 1 is 1.56 bits per heavy atom. The Labute approximate surface area is 111 Å². The van der Waals surface area contributed by atoms with E-state index in [2.05, 4.69) is 12.2 Å². The summed E-state index contributed by atoms with van der Waals surface area (Å²) in [5.74, 6) is -0.0790. The molecular weight excluding hydrogens is 248 g/mol. The molecular formula is C13H18N2O2S. The molecule has 1 N–H and O–H groups in total. The molecule has 0 radical (unpaired) electrons. The van der Waals surface area contributed by atoms with Gasteiger partial charge in [0.05, 0.1) is 11.4 Å². The lowest BCUT2D eigenvalue weighted by atomic mass is 10.2. The van der Waals surface area contributed by atoms with Gasteiger partial charge in [0, 0.05) is 18.0 Å². The Bertz CT molecular complexity index is 468. The Morgan fingerprint density at radius 3 is 3.00 bits per heavy atom. The molecule has 1 aromatic heterocycles. The molecule has 1 aliphatic rings. The first kappa shape index (κ1) is 13.1. The standard InChI is InChI=1S/C13H18N2O2S/c1-3-10-7-11(18-9(10)2)13(17)15-6-4-5-14-12(16)8-15/h7H,3-6,8H2,1-2H3,(H,14,16). The third kappa shape index (κ3) is 2.72. The first-order chi connectivity index (χ1) is 8.61. The average Bonchev–Trinajstić information content (AvgIpc) is 2.59. The van der Waals surface area contributed by atoms with Crippen molar-refractivity contribution in [1.82, 2.24) is 10.2 Å². The molecule has 0 atom stereocenters. The monoisotopic (exact) mass is 266 g/mol. The van der Waals surface area contributed by atoms with E-state index in [1.807, 2.05) is 13.0 Å². The summed E-state index contributed by atoms with van der Waals surface area (Å²) >= 11 is 1.53. The van der Waals surface area contributed by atoms with Gasteiger partial charge in [-0.2, -0.15) is 0 Å². The van der Waals surface area contributed by atoms with Crippen molar-refractivity contribution in [2.45, 2.75) is 26.7 Å². The van der Waals surface area contributed by atoms with Crippen LogP contribution in [0.15, 0.2) is 6.07 Å². The van der Waals surface area contributed by atoms with Crippen LogP contribution in [0.1, 0.15) is 33.5 Å². The first-order valence-electron chi connectivity index (χ1n) is 6.27. The number of aryl methyl sites for hydroxylation is 2. The van der Waals surface area contributed by atoms with Crippen LogP contribution in [0.5, 0.6) is 0 Å². The maximum absolute atomic E-state index is 12.3. The molecule has 0 aliphatic carbocycles. The van der Waals surface area contributed by atoms with Crippen molar-refractivity contribution in [1.29, 1.82) is 0 Å². The third-order valence-electron chi connectivity index (χ3n) is 3.16. The number of amides is 2. The first-order valence-corrected chi connectivity index (χ1v) is 7.08. The molecule has 2 amide bonds. The number of thiophene rings is 1. The predicted octanol–water partition coefficient (Wildman–Crippen LogP) is 1.58. The molecule has 0 spiro atoms. The van der Waals surface area contributed by atoms with Gasteiger partial charge in [0.25, 0.3) is 5.91 Å². The highest BCUT2D eigenvalue weighted by atomic mass is 32.1. The van der Waals surface area contributed by atoms with E-state index < -0.39 is 0 Å². The number of nitrogens with one attached hydrogen (secondary N) is 1. The number of carbonyl (C=O) groups is 2. The highest BCUT2D eigenvalue weighted by molar-refractivity contribution is 7.14. The summed E-state index contributed by atoms with van der Waals surface area (Å²) in [5.41, 5.74) is 1.22. The summed E-state index contributed by atoms with van der Waals surface area (Å²) in [5, 5.41) is 2.78. The molecule has 0 saturated carbocycles. The topological polar surface area (TPSA) is 49.4 Å². The maximum atomic E-state index is 12.3. The molecule has 1 fully saturated rings.